The van der Waals surface area contributed by atoms with Gasteiger partial charge in [0.15, 0.2) is 0 Å². The number of hydrogen-bond acceptors (Lipinski definition) is 2. The highest BCUT2D eigenvalue weighted by Gasteiger charge is 2.24. The molecule has 0 bridgehead atoms. The summed E-state index contributed by atoms with van der Waals surface area (Å²) in [5.74, 6) is -0.670. The molecule has 3 rings (SSSR count). The van der Waals surface area contributed by atoms with E-state index in [-0.39, 0.29) is 11.8 Å². The number of aromatic nitrogens is 1. The Hall–Kier alpha value is -2.62. The minimum atomic E-state index is -0.368. The molecule has 0 saturated heterocycles. The fourth-order valence-electron chi connectivity index (χ4n) is 3.35. The van der Waals surface area contributed by atoms with Gasteiger partial charge in [-0.05, 0) is 50.1 Å². The minimum absolute atomic E-state index is 0.302. The van der Waals surface area contributed by atoms with Crippen molar-refractivity contribution in [2.24, 2.45) is 7.05 Å². The number of benzene rings is 2. The van der Waals surface area contributed by atoms with Crippen molar-refractivity contribution in [1.82, 2.24) is 4.57 Å². The maximum absolute atomic E-state index is 13.3. The van der Waals surface area contributed by atoms with Gasteiger partial charge in [-0.2, -0.15) is 0 Å². The Morgan fingerprint density at radius 3 is 2.46 bits per heavy atom. The average Bonchev–Trinajstić information content (AvgIpc) is 2.81. The number of nitrogens with zero attached hydrogens (tertiary/aromatic N) is 1. The maximum atomic E-state index is 13.3. The first-order chi connectivity index (χ1) is 11.4. The Balaban J connectivity index is 2.41. The zero-order valence-electron chi connectivity index (χ0n) is 14.3. The highest BCUT2D eigenvalue weighted by atomic mass is 19.1. The van der Waals surface area contributed by atoms with E-state index in [1.165, 1.54) is 12.1 Å². The Labute approximate surface area is 140 Å². The second kappa shape index (κ2) is 6.11. The molecule has 0 spiro atoms. The highest BCUT2D eigenvalue weighted by Crippen LogP contribution is 2.37. The average molecular weight is 325 g/mol. The van der Waals surface area contributed by atoms with E-state index in [1.54, 1.807) is 19.1 Å². The lowest BCUT2D eigenvalue weighted by Crippen LogP contribution is -2.11. The molecule has 124 valence electrons. The summed E-state index contributed by atoms with van der Waals surface area (Å²) in [5.41, 5.74) is 5.28. The molecule has 1 heterocycles. The van der Waals surface area contributed by atoms with E-state index in [4.69, 9.17) is 4.74 Å². The Kier molecular flexibility index (Phi) is 4.14. The highest BCUT2D eigenvalue weighted by molar-refractivity contribution is 6.09. The summed E-state index contributed by atoms with van der Waals surface area (Å²) >= 11 is 0. The largest absolute Gasteiger partial charge is 0.461 e. The van der Waals surface area contributed by atoms with Crippen LogP contribution in [0.25, 0.3) is 22.0 Å². The van der Waals surface area contributed by atoms with Gasteiger partial charge in [-0.3, -0.25) is 0 Å². The minimum Gasteiger partial charge on any atom is -0.461 e. The van der Waals surface area contributed by atoms with Crippen LogP contribution in [-0.2, 0) is 11.8 Å². The first kappa shape index (κ1) is 16.2. The Bertz CT molecular complexity index is 923. The number of hydrogen-bond donors (Lipinski definition) is 0. The van der Waals surface area contributed by atoms with Crippen LogP contribution in [0, 0.1) is 19.7 Å². The van der Waals surface area contributed by atoms with E-state index in [9.17, 15) is 9.18 Å². The van der Waals surface area contributed by atoms with Crippen LogP contribution in [0.2, 0.25) is 0 Å². The summed E-state index contributed by atoms with van der Waals surface area (Å²) in [6.45, 7) is 6.14. The summed E-state index contributed by atoms with van der Waals surface area (Å²) in [7, 11) is 1.87. The fraction of sp³-hybridized carbons (Fsp3) is 0.250. The molecule has 0 amide bonds. The van der Waals surface area contributed by atoms with Gasteiger partial charge >= 0.3 is 5.97 Å². The van der Waals surface area contributed by atoms with E-state index in [1.807, 2.05) is 25.5 Å². The topological polar surface area (TPSA) is 31.2 Å². The van der Waals surface area contributed by atoms with E-state index >= 15 is 0 Å². The van der Waals surface area contributed by atoms with Crippen molar-refractivity contribution in [1.29, 1.82) is 0 Å². The second-order valence-electron chi connectivity index (χ2n) is 5.99. The van der Waals surface area contributed by atoms with Gasteiger partial charge < -0.3 is 9.30 Å². The van der Waals surface area contributed by atoms with Gasteiger partial charge in [0.1, 0.15) is 11.5 Å². The lowest BCUT2D eigenvalue weighted by atomic mass is 9.99. The van der Waals surface area contributed by atoms with Crippen LogP contribution in [0.15, 0.2) is 36.4 Å². The summed E-state index contributed by atoms with van der Waals surface area (Å²) in [5, 5.41) is 0.977. The van der Waals surface area contributed by atoms with Crippen LogP contribution in [-0.4, -0.2) is 17.1 Å². The molecule has 0 unspecified atom stereocenters. The molecule has 0 atom stereocenters. The Morgan fingerprint density at radius 1 is 1.17 bits per heavy atom. The molecule has 1 aromatic heterocycles. The van der Waals surface area contributed by atoms with E-state index in [0.29, 0.717) is 12.3 Å². The van der Waals surface area contributed by atoms with Gasteiger partial charge in [-0.15, -0.1) is 0 Å². The Morgan fingerprint density at radius 2 is 1.83 bits per heavy atom. The first-order valence-corrected chi connectivity index (χ1v) is 7.96. The number of esters is 1. The van der Waals surface area contributed by atoms with Crippen molar-refractivity contribution in [2.75, 3.05) is 6.61 Å². The van der Waals surface area contributed by atoms with Gasteiger partial charge in [0.25, 0.3) is 0 Å². The summed E-state index contributed by atoms with van der Waals surface area (Å²) in [4.78, 5) is 12.6. The third kappa shape index (κ3) is 2.58. The van der Waals surface area contributed by atoms with Crippen LogP contribution in [0.3, 0.4) is 0 Å². The van der Waals surface area contributed by atoms with Gasteiger partial charge in [0.05, 0.1) is 12.1 Å². The summed E-state index contributed by atoms with van der Waals surface area (Å²) < 4.78 is 20.5. The molecule has 0 radical (unpaired) electrons. The van der Waals surface area contributed by atoms with E-state index in [0.717, 1.165) is 33.2 Å². The molecule has 0 N–H and O–H groups in total. The van der Waals surface area contributed by atoms with Crippen molar-refractivity contribution < 1.29 is 13.9 Å². The SMILES string of the molecule is CCOC(=O)c1c(-c2ccc(F)cc2)c2cc(C)cc(C)c2n1C. The van der Waals surface area contributed by atoms with Crippen molar-refractivity contribution in [3.8, 4) is 11.1 Å². The summed E-state index contributed by atoms with van der Waals surface area (Å²) in [6.07, 6.45) is 0. The molecule has 0 fully saturated rings. The zero-order chi connectivity index (χ0) is 17.4. The molecule has 3 aromatic rings. The molecule has 4 heteroatoms. The fourth-order valence-corrected chi connectivity index (χ4v) is 3.35. The molecule has 0 aliphatic rings. The number of carbonyl (C=O) groups excluding carboxylic acids is 1. The predicted molar refractivity (Wildman–Crippen MR) is 93.7 cm³/mol. The molecular formula is C20H20FNO2. The second-order valence-corrected chi connectivity index (χ2v) is 5.99. The molecule has 0 aliphatic carbocycles. The number of fused-ring (bicyclic) bond motifs is 1. The van der Waals surface area contributed by atoms with Crippen LogP contribution < -0.4 is 0 Å². The molecule has 2 aromatic carbocycles. The third-order valence-corrected chi connectivity index (χ3v) is 4.22. The summed E-state index contributed by atoms with van der Waals surface area (Å²) in [6, 6.07) is 10.4. The molecule has 24 heavy (non-hydrogen) atoms. The van der Waals surface area contributed by atoms with Crippen LogP contribution in [0.5, 0.6) is 0 Å². The third-order valence-electron chi connectivity index (χ3n) is 4.22. The zero-order valence-corrected chi connectivity index (χ0v) is 14.3. The maximum Gasteiger partial charge on any atom is 0.355 e. The first-order valence-electron chi connectivity index (χ1n) is 7.96. The van der Waals surface area contributed by atoms with Crippen LogP contribution >= 0.6 is 0 Å². The van der Waals surface area contributed by atoms with Crippen molar-refractivity contribution in [3.05, 3.63) is 59.0 Å². The molecule has 0 aliphatic heterocycles. The molecular weight excluding hydrogens is 305 g/mol. The van der Waals surface area contributed by atoms with Crippen molar-refractivity contribution in [3.63, 3.8) is 0 Å². The quantitative estimate of drug-likeness (QED) is 0.649. The van der Waals surface area contributed by atoms with Gasteiger partial charge in [-0.1, -0.05) is 23.8 Å². The number of ether oxygens (including phenoxy) is 1. The van der Waals surface area contributed by atoms with Crippen LogP contribution in [0.1, 0.15) is 28.5 Å². The lowest BCUT2D eigenvalue weighted by molar-refractivity contribution is 0.0517. The van der Waals surface area contributed by atoms with E-state index < -0.39 is 0 Å². The van der Waals surface area contributed by atoms with Crippen molar-refractivity contribution in [2.45, 2.75) is 20.8 Å². The van der Waals surface area contributed by atoms with Crippen molar-refractivity contribution >= 4 is 16.9 Å². The normalized spacial score (nSPS) is 11.0. The number of halogens is 1. The predicted octanol–water partition coefficient (Wildman–Crippen LogP) is 4.78. The smallest absolute Gasteiger partial charge is 0.355 e. The van der Waals surface area contributed by atoms with Gasteiger partial charge in [-0.25, -0.2) is 9.18 Å². The van der Waals surface area contributed by atoms with Gasteiger partial charge in [0.2, 0.25) is 0 Å². The monoisotopic (exact) mass is 325 g/mol. The lowest BCUT2D eigenvalue weighted by Gasteiger charge is -2.07. The number of rotatable bonds is 3. The number of aryl methyl sites for hydroxylation is 3. The van der Waals surface area contributed by atoms with E-state index in [2.05, 4.69) is 12.1 Å². The molecule has 0 saturated carbocycles. The van der Waals surface area contributed by atoms with Crippen LogP contribution in [0.4, 0.5) is 4.39 Å². The number of carbonyl (C=O) groups is 1. The van der Waals surface area contributed by atoms with Gasteiger partial charge in [0, 0.05) is 18.0 Å². The standard InChI is InChI=1S/C20H20FNO2/c1-5-24-20(23)19-17(14-6-8-15(21)9-7-14)16-11-12(2)10-13(3)18(16)22(19)4/h6-11H,5H2,1-4H3. The molecule has 3 nitrogen and oxygen atoms in total.